The van der Waals surface area contributed by atoms with Crippen LogP contribution in [0.1, 0.15) is 51.3 Å². The van der Waals surface area contributed by atoms with E-state index in [-0.39, 0.29) is 23.9 Å². The van der Waals surface area contributed by atoms with Gasteiger partial charge in [0.25, 0.3) is 0 Å². The lowest BCUT2D eigenvalue weighted by Gasteiger charge is -2.24. The maximum Gasteiger partial charge on any atom is 0.241 e. The number of nitrogens with zero attached hydrogens (tertiary/aromatic N) is 1. The first kappa shape index (κ1) is 15.0. The van der Waals surface area contributed by atoms with Crippen LogP contribution in [0, 0.1) is 5.82 Å². The highest BCUT2D eigenvalue weighted by Crippen LogP contribution is 2.26. The molecule has 1 fully saturated rings. The first-order valence-corrected chi connectivity index (χ1v) is 7.45. The van der Waals surface area contributed by atoms with Gasteiger partial charge in [-0.05, 0) is 31.0 Å². The van der Waals surface area contributed by atoms with Crippen molar-refractivity contribution in [2.75, 3.05) is 6.54 Å². The molecule has 2 unspecified atom stereocenters. The molecule has 0 spiro atoms. The molecular weight excluding hydrogens is 255 g/mol. The van der Waals surface area contributed by atoms with Crippen molar-refractivity contribution in [3.8, 4) is 0 Å². The van der Waals surface area contributed by atoms with E-state index >= 15 is 0 Å². The minimum atomic E-state index is -0.262. The summed E-state index contributed by atoms with van der Waals surface area (Å²) in [6.07, 6.45) is 4.30. The Balaban J connectivity index is 2.07. The van der Waals surface area contributed by atoms with E-state index in [1.807, 2.05) is 17.9 Å². The van der Waals surface area contributed by atoms with Crippen LogP contribution in [0.5, 0.6) is 0 Å². The molecule has 0 bridgehead atoms. The van der Waals surface area contributed by atoms with E-state index in [0.29, 0.717) is 0 Å². The van der Waals surface area contributed by atoms with Crippen LogP contribution in [0.15, 0.2) is 24.3 Å². The number of nitrogens with one attached hydrogen (secondary N) is 1. The summed E-state index contributed by atoms with van der Waals surface area (Å²) >= 11 is 0. The molecule has 1 aromatic rings. The summed E-state index contributed by atoms with van der Waals surface area (Å²) in [5, 5.41) is 3.25. The number of benzene rings is 1. The quantitative estimate of drug-likeness (QED) is 0.810. The second kappa shape index (κ2) is 6.84. The number of amides is 1. The highest BCUT2D eigenvalue weighted by Gasteiger charge is 2.36. The van der Waals surface area contributed by atoms with Crippen LogP contribution in [0.2, 0.25) is 0 Å². The van der Waals surface area contributed by atoms with E-state index in [1.165, 1.54) is 25.0 Å². The van der Waals surface area contributed by atoms with Crippen molar-refractivity contribution in [1.82, 2.24) is 10.2 Å². The van der Waals surface area contributed by atoms with E-state index in [0.717, 1.165) is 24.9 Å². The van der Waals surface area contributed by atoms with Crippen LogP contribution in [0.25, 0.3) is 0 Å². The number of halogens is 1. The Hall–Kier alpha value is -1.42. The minimum Gasteiger partial charge on any atom is -0.322 e. The Morgan fingerprint density at radius 3 is 2.80 bits per heavy atom. The average molecular weight is 278 g/mol. The molecule has 20 heavy (non-hydrogen) atoms. The van der Waals surface area contributed by atoms with Gasteiger partial charge in [0.05, 0.1) is 6.04 Å². The summed E-state index contributed by atoms with van der Waals surface area (Å²) in [5.74, 6) is -0.155. The third-order valence-corrected chi connectivity index (χ3v) is 3.79. The largest absolute Gasteiger partial charge is 0.322 e. The molecule has 4 heteroatoms. The summed E-state index contributed by atoms with van der Waals surface area (Å²) in [7, 11) is 0. The standard InChI is InChI=1S/C16H23FN2O/c1-3-4-5-6-10-19-15(18-12(2)16(19)20)13-8-7-9-14(17)11-13/h7-9,11-12,15,18H,3-6,10H2,1-2H3. The summed E-state index contributed by atoms with van der Waals surface area (Å²) in [5.41, 5.74) is 0.818. The molecule has 1 aliphatic rings. The Kier molecular flexibility index (Phi) is 5.12. The van der Waals surface area contributed by atoms with Gasteiger partial charge in [-0.3, -0.25) is 10.1 Å². The van der Waals surface area contributed by atoms with Gasteiger partial charge in [0.2, 0.25) is 5.91 Å². The van der Waals surface area contributed by atoms with Gasteiger partial charge >= 0.3 is 0 Å². The van der Waals surface area contributed by atoms with Crippen LogP contribution in [0.3, 0.4) is 0 Å². The summed E-state index contributed by atoms with van der Waals surface area (Å²) in [4.78, 5) is 14.0. The number of rotatable bonds is 6. The van der Waals surface area contributed by atoms with Gasteiger partial charge in [0, 0.05) is 6.54 Å². The molecular formula is C16H23FN2O. The zero-order chi connectivity index (χ0) is 14.5. The van der Waals surface area contributed by atoms with Crippen LogP contribution in [-0.2, 0) is 4.79 Å². The fraction of sp³-hybridized carbons (Fsp3) is 0.562. The van der Waals surface area contributed by atoms with Crippen LogP contribution < -0.4 is 5.32 Å². The van der Waals surface area contributed by atoms with Crippen molar-refractivity contribution in [1.29, 1.82) is 0 Å². The molecule has 1 saturated heterocycles. The fourth-order valence-corrected chi connectivity index (χ4v) is 2.68. The van der Waals surface area contributed by atoms with Crippen molar-refractivity contribution in [2.24, 2.45) is 0 Å². The van der Waals surface area contributed by atoms with E-state index in [1.54, 1.807) is 6.07 Å². The van der Waals surface area contributed by atoms with Crippen molar-refractivity contribution in [3.63, 3.8) is 0 Å². The second-order valence-electron chi connectivity index (χ2n) is 5.44. The Morgan fingerprint density at radius 2 is 2.10 bits per heavy atom. The van der Waals surface area contributed by atoms with Crippen molar-refractivity contribution < 1.29 is 9.18 Å². The topological polar surface area (TPSA) is 32.3 Å². The van der Waals surface area contributed by atoms with Crippen molar-refractivity contribution in [2.45, 2.75) is 51.7 Å². The number of hydrogen-bond donors (Lipinski definition) is 1. The molecule has 2 atom stereocenters. The maximum atomic E-state index is 13.4. The summed E-state index contributed by atoms with van der Waals surface area (Å²) in [6, 6.07) is 6.28. The lowest BCUT2D eigenvalue weighted by molar-refractivity contribution is -0.129. The molecule has 1 aliphatic heterocycles. The van der Waals surface area contributed by atoms with E-state index in [2.05, 4.69) is 12.2 Å². The molecule has 1 N–H and O–H groups in total. The Labute approximate surface area is 120 Å². The highest BCUT2D eigenvalue weighted by molar-refractivity contribution is 5.84. The van der Waals surface area contributed by atoms with Gasteiger partial charge in [-0.25, -0.2) is 4.39 Å². The third-order valence-electron chi connectivity index (χ3n) is 3.79. The molecule has 0 aliphatic carbocycles. The first-order chi connectivity index (χ1) is 9.63. The molecule has 1 heterocycles. The van der Waals surface area contributed by atoms with Gasteiger partial charge in [-0.15, -0.1) is 0 Å². The number of unbranched alkanes of at least 4 members (excludes halogenated alkanes) is 3. The van der Waals surface area contributed by atoms with Crippen molar-refractivity contribution >= 4 is 5.91 Å². The predicted molar refractivity (Wildman–Crippen MR) is 77.6 cm³/mol. The predicted octanol–water partition coefficient (Wildman–Crippen LogP) is 3.22. The lowest BCUT2D eigenvalue weighted by atomic mass is 10.1. The highest BCUT2D eigenvalue weighted by atomic mass is 19.1. The van der Waals surface area contributed by atoms with E-state index in [9.17, 15) is 9.18 Å². The normalized spacial score (nSPS) is 22.6. The molecule has 1 amide bonds. The Morgan fingerprint density at radius 1 is 1.30 bits per heavy atom. The van der Waals surface area contributed by atoms with Gasteiger partial charge in [0.15, 0.2) is 0 Å². The van der Waals surface area contributed by atoms with Gasteiger partial charge in [0.1, 0.15) is 12.0 Å². The maximum absolute atomic E-state index is 13.4. The van der Waals surface area contributed by atoms with E-state index < -0.39 is 0 Å². The molecule has 1 aromatic carbocycles. The van der Waals surface area contributed by atoms with Gasteiger partial charge in [-0.2, -0.15) is 0 Å². The molecule has 110 valence electrons. The molecule has 0 radical (unpaired) electrons. The monoisotopic (exact) mass is 278 g/mol. The molecule has 0 saturated carbocycles. The van der Waals surface area contributed by atoms with Crippen LogP contribution >= 0.6 is 0 Å². The Bertz CT molecular complexity index is 464. The lowest BCUT2D eigenvalue weighted by Crippen LogP contribution is -2.31. The number of hydrogen-bond acceptors (Lipinski definition) is 2. The average Bonchev–Trinajstić information content (AvgIpc) is 2.71. The zero-order valence-electron chi connectivity index (χ0n) is 12.2. The number of carbonyl (C=O) groups is 1. The third kappa shape index (κ3) is 3.37. The summed E-state index contributed by atoms with van der Waals surface area (Å²) in [6.45, 7) is 4.76. The molecule has 2 rings (SSSR count). The van der Waals surface area contributed by atoms with E-state index in [4.69, 9.17) is 0 Å². The van der Waals surface area contributed by atoms with Gasteiger partial charge < -0.3 is 4.90 Å². The number of carbonyl (C=O) groups excluding carboxylic acids is 1. The smallest absolute Gasteiger partial charge is 0.241 e. The fourth-order valence-electron chi connectivity index (χ4n) is 2.68. The van der Waals surface area contributed by atoms with Crippen LogP contribution in [0.4, 0.5) is 4.39 Å². The molecule has 0 aromatic heterocycles. The molecule has 3 nitrogen and oxygen atoms in total. The van der Waals surface area contributed by atoms with Crippen molar-refractivity contribution in [3.05, 3.63) is 35.6 Å². The summed E-state index contributed by atoms with van der Waals surface area (Å²) < 4.78 is 13.4. The SMILES string of the molecule is CCCCCCN1C(=O)C(C)NC1c1cccc(F)c1. The van der Waals surface area contributed by atoms with Gasteiger partial charge in [-0.1, -0.05) is 38.3 Å². The second-order valence-corrected chi connectivity index (χ2v) is 5.44. The minimum absolute atomic E-state index is 0.107. The van der Waals surface area contributed by atoms with Crippen LogP contribution in [-0.4, -0.2) is 23.4 Å². The zero-order valence-corrected chi connectivity index (χ0v) is 12.2. The first-order valence-electron chi connectivity index (χ1n) is 7.45.